The molecule has 2 heteroatoms. The van der Waals surface area contributed by atoms with Crippen molar-refractivity contribution in [3.05, 3.63) is 23.7 Å². The normalized spacial score (nSPS) is 37.5. The predicted octanol–water partition coefficient (Wildman–Crippen LogP) is 5.45. The molecule has 3 aliphatic carbocycles. The minimum absolute atomic E-state index is 0.943. The zero-order valence-corrected chi connectivity index (χ0v) is 14.4. The lowest BCUT2D eigenvalue weighted by atomic mass is 9.62. The molecular formula is C20H32O2. The summed E-state index contributed by atoms with van der Waals surface area (Å²) < 4.78 is 10.4. The molecule has 3 unspecified atom stereocenters. The summed E-state index contributed by atoms with van der Waals surface area (Å²) in [6, 6.07) is 0. The minimum Gasteiger partial charge on any atom is -0.504 e. The van der Waals surface area contributed by atoms with Gasteiger partial charge in [0.05, 0.1) is 26.7 Å². The lowest BCUT2D eigenvalue weighted by Crippen LogP contribution is -2.32. The van der Waals surface area contributed by atoms with Gasteiger partial charge in [0, 0.05) is 0 Å². The summed E-state index contributed by atoms with van der Waals surface area (Å²) in [5.74, 6) is 3.91. The summed E-state index contributed by atoms with van der Waals surface area (Å²) in [6.07, 6.45) is 17.7. The van der Waals surface area contributed by atoms with Gasteiger partial charge in [0.25, 0.3) is 0 Å². The summed E-state index contributed by atoms with van der Waals surface area (Å²) in [7, 11) is 3.56. The molecule has 3 rings (SSSR count). The molecule has 3 saturated carbocycles. The monoisotopic (exact) mass is 304 g/mol. The highest BCUT2D eigenvalue weighted by atomic mass is 16.5. The van der Waals surface area contributed by atoms with Gasteiger partial charge in [-0.25, -0.2) is 0 Å². The van der Waals surface area contributed by atoms with Crippen LogP contribution in [0.3, 0.4) is 0 Å². The molecule has 0 spiro atoms. The predicted molar refractivity (Wildman–Crippen MR) is 90.3 cm³/mol. The fraction of sp³-hybridized carbons (Fsp3) is 0.800. The van der Waals surface area contributed by atoms with Gasteiger partial charge in [-0.2, -0.15) is 0 Å². The molecule has 0 heterocycles. The van der Waals surface area contributed by atoms with Crippen molar-refractivity contribution >= 4 is 0 Å². The highest BCUT2D eigenvalue weighted by Gasteiger charge is 2.37. The van der Waals surface area contributed by atoms with Crippen LogP contribution in [0.25, 0.3) is 0 Å². The molecule has 124 valence electrons. The number of ether oxygens (including phenoxy) is 2. The summed E-state index contributed by atoms with van der Waals surface area (Å²) in [4.78, 5) is 0. The van der Waals surface area contributed by atoms with Crippen LogP contribution >= 0.6 is 0 Å². The number of hydrogen-bond donors (Lipinski definition) is 0. The Labute approximate surface area is 136 Å². The second-order valence-electron chi connectivity index (χ2n) is 7.70. The first-order valence-corrected chi connectivity index (χ1v) is 9.21. The van der Waals surface area contributed by atoms with Crippen molar-refractivity contribution in [3.63, 3.8) is 0 Å². The summed E-state index contributed by atoms with van der Waals surface area (Å²) >= 11 is 0. The van der Waals surface area contributed by atoms with Gasteiger partial charge in [0.1, 0.15) is 0 Å². The fourth-order valence-corrected chi connectivity index (χ4v) is 5.26. The molecule has 2 nitrogen and oxygen atoms in total. The Morgan fingerprint density at radius 1 is 0.682 bits per heavy atom. The van der Waals surface area contributed by atoms with Gasteiger partial charge in [-0.3, -0.25) is 0 Å². The first kappa shape index (κ1) is 16.0. The Balaban J connectivity index is 1.51. The largest absolute Gasteiger partial charge is 0.504 e. The number of fused-ring (bicyclic) bond motifs is 1. The van der Waals surface area contributed by atoms with E-state index in [1.165, 1.54) is 69.8 Å². The van der Waals surface area contributed by atoms with Crippen molar-refractivity contribution in [3.8, 4) is 0 Å². The van der Waals surface area contributed by atoms with Crippen molar-refractivity contribution in [1.29, 1.82) is 0 Å². The molecule has 0 radical (unpaired) electrons. The van der Waals surface area contributed by atoms with Crippen LogP contribution in [-0.2, 0) is 9.47 Å². The van der Waals surface area contributed by atoms with Gasteiger partial charge < -0.3 is 9.47 Å². The highest BCUT2D eigenvalue weighted by molar-refractivity contribution is 5.07. The minimum atomic E-state index is 0.943. The van der Waals surface area contributed by atoms with Gasteiger partial charge in [-0.15, -0.1) is 0 Å². The van der Waals surface area contributed by atoms with E-state index in [0.717, 1.165) is 23.7 Å². The molecule has 0 saturated heterocycles. The number of rotatable bonds is 3. The second kappa shape index (κ2) is 7.57. The smallest absolute Gasteiger partial charge is 0.0816 e. The van der Waals surface area contributed by atoms with Crippen LogP contribution < -0.4 is 0 Å². The highest BCUT2D eigenvalue weighted by Crippen LogP contribution is 2.48. The summed E-state index contributed by atoms with van der Waals surface area (Å²) in [5, 5.41) is 0. The first-order chi connectivity index (χ1) is 10.8. The summed E-state index contributed by atoms with van der Waals surface area (Å²) in [5.41, 5.74) is 3.08. The van der Waals surface area contributed by atoms with Gasteiger partial charge in [0.15, 0.2) is 0 Å². The van der Waals surface area contributed by atoms with E-state index in [1.807, 2.05) is 12.5 Å². The molecule has 0 N–H and O–H groups in total. The Kier molecular flexibility index (Phi) is 5.49. The van der Waals surface area contributed by atoms with Crippen LogP contribution in [0.15, 0.2) is 23.7 Å². The lowest BCUT2D eigenvalue weighted by Gasteiger charge is -2.43. The molecular weight excluding hydrogens is 272 g/mol. The average Bonchev–Trinajstić information content (AvgIpc) is 2.56. The molecule has 0 bridgehead atoms. The van der Waals surface area contributed by atoms with Crippen LogP contribution in [0.5, 0.6) is 0 Å². The van der Waals surface area contributed by atoms with E-state index < -0.39 is 0 Å². The number of allylic oxidation sites excluding steroid dienone is 2. The van der Waals surface area contributed by atoms with Crippen LogP contribution in [0, 0.1) is 23.7 Å². The fourth-order valence-electron chi connectivity index (χ4n) is 5.26. The molecule has 0 aliphatic heterocycles. The molecule has 3 aliphatic rings. The Hall–Kier alpha value is -0.920. The molecule has 0 aromatic rings. The van der Waals surface area contributed by atoms with Gasteiger partial charge in [-0.05, 0) is 99.0 Å². The van der Waals surface area contributed by atoms with E-state index in [2.05, 4.69) is 0 Å². The van der Waals surface area contributed by atoms with E-state index in [0.29, 0.717) is 0 Å². The standard InChI is InChI=1S/C20H32O2/c1-21-13-15-3-6-17(7-4-15)19-10-9-18-11-16(14-22-2)5-8-20(18)12-19/h13-14,17-20H,3-12H2,1-2H3. The van der Waals surface area contributed by atoms with Gasteiger partial charge >= 0.3 is 0 Å². The third-order valence-corrected chi connectivity index (χ3v) is 6.45. The van der Waals surface area contributed by atoms with Crippen LogP contribution in [0.2, 0.25) is 0 Å². The molecule has 0 amide bonds. The third-order valence-electron chi connectivity index (χ3n) is 6.45. The van der Waals surface area contributed by atoms with Crippen LogP contribution in [-0.4, -0.2) is 14.2 Å². The van der Waals surface area contributed by atoms with Crippen LogP contribution in [0.4, 0.5) is 0 Å². The van der Waals surface area contributed by atoms with Crippen molar-refractivity contribution in [2.45, 2.75) is 64.2 Å². The SMILES string of the molecule is COC=C1CCC(C2CCC3CC(=COC)CCC3C2)CC1. The third kappa shape index (κ3) is 3.70. The lowest BCUT2D eigenvalue weighted by molar-refractivity contribution is 0.102. The van der Waals surface area contributed by atoms with Crippen molar-refractivity contribution in [1.82, 2.24) is 0 Å². The van der Waals surface area contributed by atoms with E-state index >= 15 is 0 Å². The quantitative estimate of drug-likeness (QED) is 0.645. The van der Waals surface area contributed by atoms with E-state index in [9.17, 15) is 0 Å². The maximum atomic E-state index is 5.23. The average molecular weight is 304 g/mol. The van der Waals surface area contributed by atoms with Gasteiger partial charge in [-0.1, -0.05) is 0 Å². The Bertz CT molecular complexity index is 411. The second-order valence-corrected chi connectivity index (χ2v) is 7.70. The Morgan fingerprint density at radius 3 is 1.95 bits per heavy atom. The maximum Gasteiger partial charge on any atom is 0.0816 e. The van der Waals surface area contributed by atoms with Gasteiger partial charge in [0.2, 0.25) is 0 Å². The Morgan fingerprint density at radius 2 is 1.23 bits per heavy atom. The topological polar surface area (TPSA) is 18.5 Å². The molecule has 3 fully saturated rings. The number of methoxy groups -OCH3 is 2. The van der Waals surface area contributed by atoms with Crippen LogP contribution in [0.1, 0.15) is 64.2 Å². The van der Waals surface area contributed by atoms with E-state index in [-0.39, 0.29) is 0 Å². The first-order valence-electron chi connectivity index (χ1n) is 9.21. The van der Waals surface area contributed by atoms with E-state index in [1.54, 1.807) is 19.8 Å². The molecule has 22 heavy (non-hydrogen) atoms. The molecule has 0 aromatic heterocycles. The van der Waals surface area contributed by atoms with Crippen molar-refractivity contribution < 1.29 is 9.47 Å². The molecule has 0 aromatic carbocycles. The van der Waals surface area contributed by atoms with Crippen molar-refractivity contribution in [2.24, 2.45) is 23.7 Å². The van der Waals surface area contributed by atoms with E-state index in [4.69, 9.17) is 9.47 Å². The maximum absolute atomic E-state index is 5.23. The molecule has 3 atom stereocenters. The zero-order chi connectivity index (χ0) is 15.4. The zero-order valence-electron chi connectivity index (χ0n) is 14.4. The number of hydrogen-bond acceptors (Lipinski definition) is 2. The van der Waals surface area contributed by atoms with Crippen molar-refractivity contribution in [2.75, 3.05) is 14.2 Å². The summed E-state index contributed by atoms with van der Waals surface area (Å²) in [6.45, 7) is 0.